The van der Waals surface area contributed by atoms with Crippen LogP contribution in [0.15, 0.2) is 60.9 Å². The van der Waals surface area contributed by atoms with Crippen LogP contribution in [0.4, 0.5) is 27.4 Å². The number of benzene rings is 2. The van der Waals surface area contributed by atoms with Gasteiger partial charge in [-0.3, -0.25) is 0 Å². The minimum absolute atomic E-state index is 0.294. The maximum absolute atomic E-state index is 13.3. The van der Waals surface area contributed by atoms with Gasteiger partial charge in [0.05, 0.1) is 17.9 Å². The highest BCUT2D eigenvalue weighted by Crippen LogP contribution is 2.22. The smallest absolute Gasteiger partial charge is 0.340 e. The van der Waals surface area contributed by atoms with Gasteiger partial charge in [-0.05, 0) is 37.3 Å². The molecule has 26 heavy (non-hydrogen) atoms. The minimum Gasteiger partial charge on any atom is -0.462 e. The molecule has 0 aliphatic rings. The second-order valence-corrected chi connectivity index (χ2v) is 5.31. The van der Waals surface area contributed by atoms with Gasteiger partial charge in [0.1, 0.15) is 23.8 Å². The summed E-state index contributed by atoms with van der Waals surface area (Å²) in [5.41, 5.74) is 1.55. The van der Waals surface area contributed by atoms with E-state index < -0.39 is 5.97 Å². The second kappa shape index (κ2) is 8.06. The minimum atomic E-state index is -0.414. The van der Waals surface area contributed by atoms with Crippen LogP contribution in [0.5, 0.6) is 0 Å². The number of carbonyl (C=O) groups is 1. The predicted octanol–water partition coefficient (Wildman–Crippen LogP) is 4.28. The summed E-state index contributed by atoms with van der Waals surface area (Å²) in [5, 5.41) is 6.09. The number of nitrogens with one attached hydrogen (secondary N) is 2. The zero-order valence-corrected chi connectivity index (χ0v) is 14.1. The van der Waals surface area contributed by atoms with Gasteiger partial charge in [0, 0.05) is 11.8 Å². The number of ether oxygens (including phenoxy) is 1. The number of rotatable bonds is 6. The first-order valence-corrected chi connectivity index (χ1v) is 8.03. The molecule has 1 heterocycles. The van der Waals surface area contributed by atoms with Crippen LogP contribution >= 0.6 is 0 Å². The molecule has 0 aliphatic heterocycles. The first-order valence-electron chi connectivity index (χ1n) is 8.03. The molecule has 0 saturated carbocycles. The lowest BCUT2D eigenvalue weighted by atomic mass is 10.2. The van der Waals surface area contributed by atoms with Crippen molar-refractivity contribution in [2.45, 2.75) is 6.92 Å². The van der Waals surface area contributed by atoms with Crippen molar-refractivity contribution < 1.29 is 13.9 Å². The summed E-state index contributed by atoms with van der Waals surface area (Å²) in [6, 6.07) is 14.7. The van der Waals surface area contributed by atoms with Gasteiger partial charge in [0.15, 0.2) is 0 Å². The number of carbonyl (C=O) groups excluding carboxylic acids is 1. The van der Waals surface area contributed by atoms with Crippen LogP contribution in [0.2, 0.25) is 0 Å². The van der Waals surface area contributed by atoms with E-state index in [2.05, 4.69) is 20.6 Å². The Labute approximate surface area is 150 Å². The first-order chi connectivity index (χ1) is 12.7. The summed E-state index contributed by atoms with van der Waals surface area (Å²) in [7, 11) is 0. The normalized spacial score (nSPS) is 10.2. The number of para-hydroxylation sites is 1. The Bertz CT molecular complexity index is 917. The Morgan fingerprint density at radius 1 is 1.04 bits per heavy atom. The fourth-order valence-electron chi connectivity index (χ4n) is 2.33. The molecule has 0 atom stereocenters. The summed E-state index contributed by atoms with van der Waals surface area (Å²) < 4.78 is 18.4. The third-order valence-electron chi connectivity index (χ3n) is 3.45. The van der Waals surface area contributed by atoms with E-state index in [1.54, 1.807) is 49.4 Å². The van der Waals surface area contributed by atoms with Gasteiger partial charge < -0.3 is 15.4 Å². The summed E-state index contributed by atoms with van der Waals surface area (Å²) in [6.07, 6.45) is 1.37. The zero-order valence-electron chi connectivity index (χ0n) is 14.1. The molecular formula is C19H17FN4O2. The van der Waals surface area contributed by atoms with E-state index in [-0.39, 0.29) is 5.82 Å². The number of aromatic nitrogens is 2. The molecule has 1 aromatic heterocycles. The van der Waals surface area contributed by atoms with Crippen molar-refractivity contribution in [3.63, 3.8) is 0 Å². The van der Waals surface area contributed by atoms with Crippen LogP contribution in [0.1, 0.15) is 17.3 Å². The van der Waals surface area contributed by atoms with Gasteiger partial charge in [0.2, 0.25) is 0 Å². The predicted molar refractivity (Wildman–Crippen MR) is 97.4 cm³/mol. The number of hydrogen-bond acceptors (Lipinski definition) is 6. The van der Waals surface area contributed by atoms with Crippen molar-refractivity contribution >= 4 is 29.0 Å². The maximum Gasteiger partial charge on any atom is 0.340 e. The highest BCUT2D eigenvalue weighted by atomic mass is 19.1. The molecule has 2 N–H and O–H groups in total. The molecule has 0 fully saturated rings. The lowest BCUT2D eigenvalue weighted by Gasteiger charge is -2.11. The van der Waals surface area contributed by atoms with Crippen LogP contribution in [-0.4, -0.2) is 22.5 Å². The Morgan fingerprint density at radius 2 is 1.81 bits per heavy atom. The number of halogens is 1. The SMILES string of the molecule is CCOC(=O)c1ccccc1Nc1cc(Nc2cccc(F)c2)ncn1. The van der Waals surface area contributed by atoms with E-state index in [9.17, 15) is 9.18 Å². The summed E-state index contributed by atoms with van der Waals surface area (Å²) in [4.78, 5) is 20.3. The molecule has 7 heteroatoms. The second-order valence-electron chi connectivity index (χ2n) is 5.31. The Hall–Kier alpha value is -3.48. The summed E-state index contributed by atoms with van der Waals surface area (Å²) in [6.45, 7) is 2.05. The van der Waals surface area contributed by atoms with E-state index >= 15 is 0 Å². The Morgan fingerprint density at radius 3 is 2.58 bits per heavy atom. The third kappa shape index (κ3) is 4.32. The van der Waals surface area contributed by atoms with Crippen LogP contribution in [0.3, 0.4) is 0 Å². The molecule has 6 nitrogen and oxygen atoms in total. The Balaban J connectivity index is 1.80. The maximum atomic E-state index is 13.3. The highest BCUT2D eigenvalue weighted by Gasteiger charge is 2.12. The van der Waals surface area contributed by atoms with Gasteiger partial charge in [-0.25, -0.2) is 19.2 Å². The standard InChI is InChI=1S/C19H17FN4O2/c1-2-26-19(25)15-8-3-4-9-16(15)24-18-11-17(21-12-22-18)23-14-7-5-6-13(20)10-14/h3-12H,2H2,1H3,(H2,21,22,23,24). The molecule has 2 aromatic carbocycles. The van der Waals surface area contributed by atoms with Crippen LogP contribution in [0, 0.1) is 5.82 Å². The molecule has 3 aromatic rings. The molecule has 3 rings (SSSR count). The molecule has 0 unspecified atom stereocenters. The van der Waals surface area contributed by atoms with Crippen LogP contribution in [-0.2, 0) is 4.74 Å². The van der Waals surface area contributed by atoms with Crippen LogP contribution in [0.25, 0.3) is 0 Å². The first kappa shape index (κ1) is 17.3. The molecule has 0 aliphatic carbocycles. The van der Waals surface area contributed by atoms with Gasteiger partial charge >= 0.3 is 5.97 Å². The quantitative estimate of drug-likeness (QED) is 0.645. The van der Waals surface area contributed by atoms with Crippen molar-refractivity contribution in [1.29, 1.82) is 0 Å². The average molecular weight is 352 g/mol. The fourth-order valence-corrected chi connectivity index (χ4v) is 2.33. The summed E-state index contributed by atoms with van der Waals surface area (Å²) in [5.74, 6) is 0.214. The number of esters is 1. The number of nitrogens with zero attached hydrogens (tertiary/aromatic N) is 2. The van der Waals surface area contributed by atoms with Gasteiger partial charge in [0.25, 0.3) is 0 Å². The molecule has 0 spiro atoms. The van der Waals surface area contributed by atoms with E-state index in [4.69, 9.17) is 4.74 Å². The Kier molecular flexibility index (Phi) is 5.38. The van der Waals surface area contributed by atoms with Crippen molar-refractivity contribution in [2.75, 3.05) is 17.2 Å². The summed E-state index contributed by atoms with van der Waals surface area (Å²) >= 11 is 0. The molecular weight excluding hydrogens is 335 g/mol. The largest absolute Gasteiger partial charge is 0.462 e. The monoisotopic (exact) mass is 352 g/mol. The van der Waals surface area contributed by atoms with Crippen LogP contribution < -0.4 is 10.6 Å². The van der Waals surface area contributed by atoms with Gasteiger partial charge in [-0.15, -0.1) is 0 Å². The molecule has 132 valence electrons. The average Bonchev–Trinajstić information content (AvgIpc) is 2.63. The highest BCUT2D eigenvalue weighted by molar-refractivity contribution is 5.96. The number of anilines is 4. The van der Waals surface area contributed by atoms with Crippen molar-refractivity contribution in [1.82, 2.24) is 9.97 Å². The fraction of sp³-hybridized carbons (Fsp3) is 0.105. The molecule has 0 radical (unpaired) electrons. The third-order valence-corrected chi connectivity index (χ3v) is 3.45. The zero-order chi connectivity index (χ0) is 18.4. The molecule has 0 bridgehead atoms. The van der Waals surface area contributed by atoms with Gasteiger partial charge in [-0.1, -0.05) is 18.2 Å². The topological polar surface area (TPSA) is 76.1 Å². The van der Waals surface area contributed by atoms with Crippen molar-refractivity contribution in [3.8, 4) is 0 Å². The lowest BCUT2D eigenvalue weighted by molar-refractivity contribution is 0.0527. The van der Waals surface area contributed by atoms with E-state index in [1.807, 2.05) is 0 Å². The van der Waals surface area contributed by atoms with E-state index in [0.29, 0.717) is 35.2 Å². The van der Waals surface area contributed by atoms with Gasteiger partial charge in [-0.2, -0.15) is 0 Å². The van der Waals surface area contributed by atoms with E-state index in [1.165, 1.54) is 18.5 Å². The number of hydrogen-bond donors (Lipinski definition) is 2. The molecule has 0 amide bonds. The lowest BCUT2D eigenvalue weighted by Crippen LogP contribution is -2.08. The molecule has 0 saturated heterocycles. The van der Waals surface area contributed by atoms with Crippen molar-refractivity contribution in [2.24, 2.45) is 0 Å². The van der Waals surface area contributed by atoms with Crippen molar-refractivity contribution in [3.05, 3.63) is 72.3 Å². The van der Waals surface area contributed by atoms with E-state index in [0.717, 1.165) is 0 Å².